The van der Waals surface area contributed by atoms with Crippen LogP contribution in [-0.4, -0.2) is 25.3 Å². The summed E-state index contributed by atoms with van der Waals surface area (Å²) in [6.07, 6.45) is 2.89. The first-order chi connectivity index (χ1) is 10.2. The number of nitrogens with zero attached hydrogens (tertiary/aromatic N) is 1. The van der Waals surface area contributed by atoms with Crippen LogP contribution in [0.5, 0.6) is 0 Å². The molecule has 21 heavy (non-hydrogen) atoms. The van der Waals surface area contributed by atoms with E-state index in [2.05, 4.69) is 40.1 Å². The summed E-state index contributed by atoms with van der Waals surface area (Å²) >= 11 is 3.51. The van der Waals surface area contributed by atoms with E-state index < -0.39 is 0 Å². The van der Waals surface area contributed by atoms with E-state index in [4.69, 9.17) is 0 Å². The van der Waals surface area contributed by atoms with Gasteiger partial charge in [0.1, 0.15) is 6.04 Å². The second kappa shape index (κ2) is 6.12. The molecule has 1 amide bonds. The Balaban J connectivity index is 1.70. The minimum Gasteiger partial charge on any atom is -0.361 e. The number of hydrogen-bond donors (Lipinski definition) is 1. The molecule has 0 saturated carbocycles. The lowest BCUT2D eigenvalue weighted by molar-refractivity contribution is -0.117. The summed E-state index contributed by atoms with van der Waals surface area (Å²) in [6, 6.07) is 10.1. The molecule has 1 unspecified atom stereocenters. The van der Waals surface area contributed by atoms with Gasteiger partial charge in [0.25, 0.3) is 0 Å². The number of rotatable bonds is 4. The third kappa shape index (κ3) is 2.94. The minimum absolute atomic E-state index is 0.0715. The highest BCUT2D eigenvalue weighted by molar-refractivity contribution is 7.97. The fraction of sp³-hybridized carbons (Fsp3) is 0.312. The number of anilines is 2. The van der Waals surface area contributed by atoms with Crippen LogP contribution in [0.15, 0.2) is 35.7 Å². The smallest absolute Gasteiger partial charge is 0.247 e. The topological polar surface area (TPSA) is 32.3 Å². The molecule has 110 valence electrons. The van der Waals surface area contributed by atoms with Gasteiger partial charge < -0.3 is 10.2 Å². The molecule has 3 rings (SSSR count). The Morgan fingerprint density at radius 1 is 1.48 bits per heavy atom. The summed E-state index contributed by atoms with van der Waals surface area (Å²) < 4.78 is 0. The quantitative estimate of drug-likeness (QED) is 0.934. The summed E-state index contributed by atoms with van der Waals surface area (Å²) in [5.74, 6) is 1.03. The molecule has 2 aromatic rings. The molecular formula is C16H18N2OS2. The summed E-state index contributed by atoms with van der Waals surface area (Å²) in [7, 11) is 1.99. The fourth-order valence-corrected chi connectivity index (χ4v) is 4.14. The Labute approximate surface area is 133 Å². The summed E-state index contributed by atoms with van der Waals surface area (Å²) in [4.78, 5) is 15.9. The molecule has 1 aromatic carbocycles. The van der Waals surface area contributed by atoms with Gasteiger partial charge in [-0.25, -0.2) is 0 Å². The molecule has 5 heteroatoms. The van der Waals surface area contributed by atoms with Crippen LogP contribution in [-0.2, 0) is 17.0 Å². The standard InChI is InChI=1S/C16H18N2OS2/c1-18-13-6-7-21-15(13)9-14(18)16(19)17-12-5-3-4-11(8-12)10-20-2/h3-8,14H,9-10H2,1-2H3,(H,17,19). The summed E-state index contributed by atoms with van der Waals surface area (Å²) in [6.45, 7) is 0. The maximum Gasteiger partial charge on any atom is 0.247 e. The van der Waals surface area contributed by atoms with Gasteiger partial charge in [-0.05, 0) is 35.4 Å². The number of thioether (sulfide) groups is 1. The van der Waals surface area contributed by atoms with Gasteiger partial charge in [0.05, 0.1) is 5.69 Å². The SMILES string of the molecule is CSCc1cccc(NC(=O)C2Cc3sccc3N2C)c1. The molecule has 0 aliphatic carbocycles. The van der Waals surface area contributed by atoms with Crippen LogP contribution in [0.3, 0.4) is 0 Å². The normalized spacial score (nSPS) is 16.9. The van der Waals surface area contributed by atoms with E-state index >= 15 is 0 Å². The fourth-order valence-electron chi connectivity index (χ4n) is 2.68. The Morgan fingerprint density at radius 3 is 3.10 bits per heavy atom. The van der Waals surface area contributed by atoms with Gasteiger partial charge in [-0.2, -0.15) is 11.8 Å². The van der Waals surface area contributed by atoms with Crippen molar-refractivity contribution in [1.29, 1.82) is 0 Å². The number of amides is 1. The molecule has 0 saturated heterocycles. The highest BCUT2D eigenvalue weighted by atomic mass is 32.2. The van der Waals surface area contributed by atoms with Gasteiger partial charge in [-0.15, -0.1) is 11.3 Å². The Morgan fingerprint density at radius 2 is 2.33 bits per heavy atom. The van der Waals surface area contributed by atoms with E-state index in [0.717, 1.165) is 17.9 Å². The van der Waals surface area contributed by atoms with Gasteiger partial charge in [0.2, 0.25) is 5.91 Å². The Hall–Kier alpha value is -1.46. The Bertz CT molecular complexity index is 653. The van der Waals surface area contributed by atoms with Crippen LogP contribution in [0.2, 0.25) is 0 Å². The van der Waals surface area contributed by atoms with Gasteiger partial charge in [-0.3, -0.25) is 4.79 Å². The first kappa shape index (κ1) is 14.5. The average molecular weight is 318 g/mol. The lowest BCUT2D eigenvalue weighted by Crippen LogP contribution is -2.39. The molecule has 1 atom stereocenters. The van der Waals surface area contributed by atoms with Crippen LogP contribution < -0.4 is 10.2 Å². The molecule has 1 aliphatic heterocycles. The molecule has 0 bridgehead atoms. The van der Waals surface area contributed by atoms with Crippen LogP contribution >= 0.6 is 23.1 Å². The van der Waals surface area contributed by atoms with E-state index in [-0.39, 0.29) is 11.9 Å². The largest absolute Gasteiger partial charge is 0.361 e. The zero-order chi connectivity index (χ0) is 14.8. The van der Waals surface area contributed by atoms with Crippen LogP contribution in [0.4, 0.5) is 11.4 Å². The van der Waals surface area contributed by atoms with Crippen molar-refractivity contribution in [3.8, 4) is 0 Å². The highest BCUT2D eigenvalue weighted by Gasteiger charge is 2.32. The average Bonchev–Trinajstić information content (AvgIpc) is 3.03. The molecule has 0 fully saturated rings. The summed E-state index contributed by atoms with van der Waals surface area (Å²) in [5, 5.41) is 5.14. The first-order valence-electron chi connectivity index (χ1n) is 6.87. The maximum atomic E-state index is 12.5. The minimum atomic E-state index is -0.100. The Kier molecular flexibility index (Phi) is 4.22. The predicted octanol–water partition coefficient (Wildman–Crippen LogP) is 3.61. The number of nitrogens with one attached hydrogen (secondary N) is 1. The van der Waals surface area contributed by atoms with E-state index in [1.54, 1.807) is 23.1 Å². The number of carbonyl (C=O) groups excluding carboxylic acids is 1. The van der Waals surface area contributed by atoms with Crippen LogP contribution in [0.1, 0.15) is 10.4 Å². The van der Waals surface area contributed by atoms with Crippen molar-refractivity contribution in [2.75, 3.05) is 23.5 Å². The monoisotopic (exact) mass is 318 g/mol. The van der Waals surface area contributed by atoms with Crippen LogP contribution in [0, 0.1) is 0 Å². The van der Waals surface area contributed by atoms with E-state index in [1.165, 1.54) is 16.1 Å². The molecule has 0 spiro atoms. The summed E-state index contributed by atoms with van der Waals surface area (Å²) in [5.41, 5.74) is 3.31. The van der Waals surface area contributed by atoms with Gasteiger partial charge in [-0.1, -0.05) is 12.1 Å². The maximum absolute atomic E-state index is 12.5. The number of carbonyl (C=O) groups is 1. The molecule has 1 aromatic heterocycles. The molecule has 1 N–H and O–H groups in total. The van der Waals surface area contributed by atoms with Crippen LogP contribution in [0.25, 0.3) is 0 Å². The molecule has 1 aliphatic rings. The van der Waals surface area contributed by atoms with Crippen molar-refractivity contribution in [1.82, 2.24) is 0 Å². The number of hydrogen-bond acceptors (Lipinski definition) is 4. The third-order valence-corrected chi connectivity index (χ3v) is 5.31. The highest BCUT2D eigenvalue weighted by Crippen LogP contribution is 2.35. The number of thiophene rings is 1. The molecule has 0 radical (unpaired) electrons. The van der Waals surface area contributed by atoms with Crippen molar-refractivity contribution >= 4 is 40.4 Å². The van der Waals surface area contributed by atoms with Crippen molar-refractivity contribution in [3.63, 3.8) is 0 Å². The predicted molar refractivity (Wildman–Crippen MR) is 92.5 cm³/mol. The molecule has 3 nitrogen and oxygen atoms in total. The van der Waals surface area contributed by atoms with E-state index in [0.29, 0.717) is 0 Å². The van der Waals surface area contributed by atoms with Crippen molar-refractivity contribution in [2.45, 2.75) is 18.2 Å². The zero-order valence-electron chi connectivity index (χ0n) is 12.1. The van der Waals surface area contributed by atoms with Gasteiger partial charge >= 0.3 is 0 Å². The van der Waals surface area contributed by atoms with Gasteiger partial charge in [0.15, 0.2) is 0 Å². The molecular weight excluding hydrogens is 300 g/mol. The number of benzene rings is 1. The van der Waals surface area contributed by atoms with Crippen molar-refractivity contribution in [2.24, 2.45) is 0 Å². The lowest BCUT2D eigenvalue weighted by Gasteiger charge is -2.21. The second-order valence-corrected chi connectivity index (χ2v) is 7.05. The molecule has 2 heterocycles. The number of likely N-dealkylation sites (N-methyl/N-ethyl adjacent to an activating group) is 1. The van der Waals surface area contributed by atoms with Crippen molar-refractivity contribution in [3.05, 3.63) is 46.2 Å². The lowest BCUT2D eigenvalue weighted by atomic mass is 10.2. The zero-order valence-corrected chi connectivity index (χ0v) is 13.8. The van der Waals surface area contributed by atoms with Gasteiger partial charge in [0, 0.05) is 29.8 Å². The number of fused-ring (bicyclic) bond motifs is 1. The first-order valence-corrected chi connectivity index (χ1v) is 9.14. The van der Waals surface area contributed by atoms with E-state index in [9.17, 15) is 4.79 Å². The third-order valence-electron chi connectivity index (χ3n) is 3.76. The second-order valence-electron chi connectivity index (χ2n) is 5.18. The van der Waals surface area contributed by atoms with E-state index in [1.807, 2.05) is 19.2 Å². The van der Waals surface area contributed by atoms with Crippen molar-refractivity contribution < 1.29 is 4.79 Å².